The van der Waals surface area contributed by atoms with Crippen molar-refractivity contribution in [3.05, 3.63) is 88.4 Å². The molecule has 38 heavy (non-hydrogen) atoms. The minimum atomic E-state index is -0.464. The average molecular weight is 538 g/mol. The van der Waals surface area contributed by atoms with E-state index in [4.69, 9.17) is 9.47 Å². The highest BCUT2D eigenvalue weighted by Gasteiger charge is 2.21. The number of thiazole rings is 1. The molecule has 0 aliphatic carbocycles. The van der Waals surface area contributed by atoms with Gasteiger partial charge in [0, 0.05) is 18.3 Å². The maximum Gasteiger partial charge on any atom is 0.407 e. The van der Waals surface area contributed by atoms with E-state index in [2.05, 4.69) is 41.6 Å². The first-order valence-electron chi connectivity index (χ1n) is 13.2. The first-order chi connectivity index (χ1) is 18.4. The number of carbonyl (C=O) groups is 2. The second-order valence-electron chi connectivity index (χ2n) is 10.0. The minimum absolute atomic E-state index is 0.149. The molecule has 2 aromatic carbocycles. The summed E-state index contributed by atoms with van der Waals surface area (Å²) in [6.45, 7) is 6.33. The minimum Gasteiger partial charge on any atom is -0.447 e. The van der Waals surface area contributed by atoms with Crippen molar-refractivity contribution < 1.29 is 19.1 Å². The van der Waals surface area contributed by atoms with E-state index in [9.17, 15) is 9.59 Å². The second-order valence-corrected chi connectivity index (χ2v) is 11.0. The first kappa shape index (κ1) is 29.2. The van der Waals surface area contributed by atoms with E-state index < -0.39 is 12.2 Å². The van der Waals surface area contributed by atoms with Crippen LogP contribution in [0.1, 0.15) is 56.0 Å². The molecule has 0 radical (unpaired) electrons. The Morgan fingerprint density at radius 2 is 1.39 bits per heavy atom. The highest BCUT2D eigenvalue weighted by Crippen LogP contribution is 2.15. The summed E-state index contributed by atoms with van der Waals surface area (Å²) < 4.78 is 11.0. The number of benzene rings is 2. The Balaban J connectivity index is 1.64. The number of nitrogens with one attached hydrogen (secondary N) is 2. The zero-order valence-electron chi connectivity index (χ0n) is 22.5. The molecule has 0 aliphatic rings. The van der Waals surface area contributed by atoms with Crippen LogP contribution in [0.25, 0.3) is 0 Å². The van der Waals surface area contributed by atoms with Crippen LogP contribution in [0.15, 0.2) is 72.4 Å². The number of amides is 2. The van der Waals surface area contributed by atoms with E-state index in [0.717, 1.165) is 22.4 Å². The third-order valence-corrected chi connectivity index (χ3v) is 6.85. The van der Waals surface area contributed by atoms with Crippen LogP contribution in [-0.4, -0.2) is 35.4 Å². The maximum atomic E-state index is 12.7. The quantitative estimate of drug-likeness (QED) is 0.244. The number of ether oxygens (including phenoxy) is 2. The van der Waals surface area contributed by atoms with E-state index in [1.165, 1.54) is 11.3 Å². The number of rotatable bonds is 14. The highest BCUT2D eigenvalue weighted by atomic mass is 32.1. The first-order valence-corrected chi connectivity index (χ1v) is 14.1. The van der Waals surface area contributed by atoms with E-state index in [-0.39, 0.29) is 24.8 Å². The van der Waals surface area contributed by atoms with Crippen molar-refractivity contribution in [3.8, 4) is 0 Å². The van der Waals surface area contributed by atoms with Gasteiger partial charge in [-0.3, -0.25) is 4.98 Å². The van der Waals surface area contributed by atoms with E-state index in [0.29, 0.717) is 31.6 Å². The molecule has 2 N–H and O–H groups in total. The van der Waals surface area contributed by atoms with Gasteiger partial charge in [0.05, 0.1) is 10.4 Å². The molecule has 8 heteroatoms. The number of hydrogen-bond donors (Lipinski definition) is 2. The largest absolute Gasteiger partial charge is 0.447 e. The molecular formula is C30H39N3O4S. The van der Waals surface area contributed by atoms with Crippen molar-refractivity contribution in [1.29, 1.82) is 0 Å². The highest BCUT2D eigenvalue weighted by molar-refractivity contribution is 7.09. The summed E-state index contributed by atoms with van der Waals surface area (Å²) in [5.41, 5.74) is 3.96. The molecule has 0 spiro atoms. The molecule has 1 aromatic heterocycles. The van der Waals surface area contributed by atoms with Gasteiger partial charge < -0.3 is 20.1 Å². The molecule has 1 heterocycles. The molecular weight excluding hydrogens is 498 g/mol. The van der Waals surface area contributed by atoms with Crippen LogP contribution in [0.4, 0.5) is 9.59 Å². The molecule has 0 saturated carbocycles. The second kappa shape index (κ2) is 15.8. The third-order valence-electron chi connectivity index (χ3n) is 6.10. The van der Waals surface area contributed by atoms with Crippen LogP contribution >= 0.6 is 11.3 Å². The molecule has 0 fully saturated rings. The van der Waals surface area contributed by atoms with Crippen LogP contribution < -0.4 is 10.6 Å². The van der Waals surface area contributed by atoms with Gasteiger partial charge in [-0.1, -0.05) is 74.5 Å². The topological polar surface area (TPSA) is 89.6 Å². The molecule has 204 valence electrons. The van der Waals surface area contributed by atoms with Crippen LogP contribution in [0, 0.1) is 5.92 Å². The lowest BCUT2D eigenvalue weighted by molar-refractivity contribution is 0.0916. The predicted molar refractivity (Wildman–Crippen MR) is 151 cm³/mol. The Kier molecular flexibility index (Phi) is 12.1. The predicted octanol–water partition coefficient (Wildman–Crippen LogP) is 6.53. The van der Waals surface area contributed by atoms with Crippen LogP contribution in [-0.2, 0) is 28.9 Å². The van der Waals surface area contributed by atoms with Crippen LogP contribution in [0.5, 0.6) is 0 Å². The molecule has 3 rings (SSSR count). The smallest absolute Gasteiger partial charge is 0.407 e. The monoisotopic (exact) mass is 537 g/mol. The van der Waals surface area contributed by atoms with Crippen molar-refractivity contribution in [3.63, 3.8) is 0 Å². The number of carbonyl (C=O) groups excluding carboxylic acids is 2. The number of aromatic nitrogens is 1. The average Bonchev–Trinajstić information content (AvgIpc) is 3.40. The summed E-state index contributed by atoms with van der Waals surface area (Å²) in [7, 11) is 0. The zero-order chi connectivity index (χ0) is 27.2. The van der Waals surface area contributed by atoms with Gasteiger partial charge in [0.15, 0.2) is 0 Å². The Labute approximate surface area is 230 Å². The Morgan fingerprint density at radius 3 is 1.89 bits per heavy atom. The fourth-order valence-electron chi connectivity index (χ4n) is 4.40. The number of alkyl carbamates (subject to hydrolysis) is 2. The third kappa shape index (κ3) is 11.3. The maximum absolute atomic E-state index is 12.7. The molecule has 7 nitrogen and oxygen atoms in total. The summed E-state index contributed by atoms with van der Waals surface area (Å²) in [5, 5.41) is 6.11. The summed E-state index contributed by atoms with van der Waals surface area (Å²) in [6, 6.07) is 19.8. The molecule has 0 saturated heterocycles. The summed E-state index contributed by atoms with van der Waals surface area (Å²) >= 11 is 1.45. The summed E-state index contributed by atoms with van der Waals surface area (Å²) in [4.78, 5) is 30.2. The van der Waals surface area contributed by atoms with Gasteiger partial charge in [0.25, 0.3) is 0 Å². The Hall–Kier alpha value is -3.39. The van der Waals surface area contributed by atoms with Crippen LogP contribution in [0.3, 0.4) is 0 Å². The van der Waals surface area contributed by atoms with E-state index in [1.807, 2.05) is 55.5 Å². The van der Waals surface area contributed by atoms with Gasteiger partial charge in [-0.05, 0) is 56.1 Å². The molecule has 3 aromatic rings. The Morgan fingerprint density at radius 1 is 0.842 bits per heavy atom. The van der Waals surface area contributed by atoms with Crippen molar-refractivity contribution in [2.24, 2.45) is 5.92 Å². The van der Waals surface area contributed by atoms with Gasteiger partial charge in [0.1, 0.15) is 12.7 Å². The molecule has 0 aliphatic heterocycles. The lowest BCUT2D eigenvalue weighted by Crippen LogP contribution is -2.41. The Bertz CT molecular complexity index is 1080. The van der Waals surface area contributed by atoms with Gasteiger partial charge in [0.2, 0.25) is 0 Å². The lowest BCUT2D eigenvalue weighted by Gasteiger charge is -2.24. The molecule has 1 unspecified atom stereocenters. The van der Waals surface area contributed by atoms with E-state index >= 15 is 0 Å². The molecule has 0 bridgehead atoms. The standard InChI is InChI=1S/C30H39N3O4S/c1-22(2)16-23(3)37-30(35)33-27(18-25-12-8-5-9-13-25)15-14-26(17-24-10-6-4-7-11-24)32-29(34)36-20-28-19-31-21-38-28/h4-13,19,21-23,26-27H,14-18,20H2,1-3H3,(H,32,34)(H,33,35)/t23?,26-,27-/m1/s1. The van der Waals surface area contributed by atoms with Gasteiger partial charge in [-0.2, -0.15) is 0 Å². The summed E-state index contributed by atoms with van der Waals surface area (Å²) in [5.74, 6) is 0.443. The van der Waals surface area contributed by atoms with Crippen molar-refractivity contribution >= 4 is 23.5 Å². The molecule has 3 atom stereocenters. The fraction of sp³-hybridized carbons (Fsp3) is 0.433. The van der Waals surface area contributed by atoms with Crippen LogP contribution in [0.2, 0.25) is 0 Å². The van der Waals surface area contributed by atoms with Crippen molar-refractivity contribution in [2.45, 2.75) is 77.7 Å². The SMILES string of the molecule is CC(C)CC(C)OC(=O)N[C@H](CC[C@H](Cc1ccccc1)NC(=O)OCc1cncs1)Cc1ccccc1. The van der Waals surface area contributed by atoms with Gasteiger partial charge in [-0.15, -0.1) is 11.3 Å². The zero-order valence-corrected chi connectivity index (χ0v) is 23.3. The lowest BCUT2D eigenvalue weighted by atomic mass is 9.96. The van der Waals surface area contributed by atoms with Crippen molar-refractivity contribution in [2.75, 3.05) is 0 Å². The van der Waals surface area contributed by atoms with E-state index in [1.54, 1.807) is 11.7 Å². The normalized spacial score (nSPS) is 13.4. The fourth-order valence-corrected chi connectivity index (χ4v) is 4.91. The number of nitrogens with zero attached hydrogens (tertiary/aromatic N) is 1. The number of hydrogen-bond acceptors (Lipinski definition) is 6. The van der Waals surface area contributed by atoms with Crippen molar-refractivity contribution in [1.82, 2.24) is 15.6 Å². The van der Waals surface area contributed by atoms with Gasteiger partial charge >= 0.3 is 12.2 Å². The summed E-state index contributed by atoms with van der Waals surface area (Å²) in [6.07, 6.45) is 4.12. The van der Waals surface area contributed by atoms with Gasteiger partial charge in [-0.25, -0.2) is 9.59 Å². The molecule has 2 amide bonds.